The van der Waals surface area contributed by atoms with Crippen LogP contribution in [0.4, 0.5) is 5.69 Å². The molecule has 0 saturated carbocycles. The molecule has 0 aliphatic heterocycles. The minimum Gasteiger partial charge on any atom is -0.497 e. The summed E-state index contributed by atoms with van der Waals surface area (Å²) in [6.45, 7) is 0.348. The smallest absolute Gasteiger partial charge is 0.264 e. The Kier molecular flexibility index (Phi) is 8.37. The van der Waals surface area contributed by atoms with E-state index in [1.807, 2.05) is 43.3 Å². The molecule has 1 amide bonds. The predicted molar refractivity (Wildman–Crippen MR) is 137 cm³/mol. The van der Waals surface area contributed by atoms with Gasteiger partial charge in [0.1, 0.15) is 11.5 Å². The number of carbonyl (C=O) groups is 1. The van der Waals surface area contributed by atoms with Crippen molar-refractivity contribution in [2.24, 2.45) is 0 Å². The zero-order chi connectivity index (χ0) is 25.6. The Hall–Kier alpha value is -3.56. The maximum Gasteiger partial charge on any atom is 0.264 e. The summed E-state index contributed by atoms with van der Waals surface area (Å²) in [7, 11) is 4.63. The maximum absolute atomic E-state index is 13.2. The maximum atomic E-state index is 13.2. The van der Waals surface area contributed by atoms with Gasteiger partial charge < -0.3 is 19.7 Å². The molecule has 0 saturated heterocycles. The summed E-state index contributed by atoms with van der Waals surface area (Å²) in [6.07, 6.45) is 0. The fraction of sp³-hybridized carbons (Fsp3) is 0.269. The number of amides is 1. The van der Waals surface area contributed by atoms with Gasteiger partial charge >= 0.3 is 0 Å². The van der Waals surface area contributed by atoms with Gasteiger partial charge in [-0.05, 0) is 74.3 Å². The number of sulfonamides is 1. The molecule has 1 atom stereocenters. The fourth-order valence-electron chi connectivity index (χ4n) is 3.60. The molecule has 0 aromatic heterocycles. The second kappa shape index (κ2) is 11.2. The highest BCUT2D eigenvalue weighted by Gasteiger charge is 2.23. The van der Waals surface area contributed by atoms with Gasteiger partial charge in [-0.1, -0.05) is 18.2 Å². The van der Waals surface area contributed by atoms with Crippen molar-refractivity contribution >= 4 is 21.6 Å². The summed E-state index contributed by atoms with van der Waals surface area (Å²) >= 11 is 0. The molecule has 186 valence electrons. The fourth-order valence-corrected chi connectivity index (χ4v) is 4.84. The number of rotatable bonds is 10. The van der Waals surface area contributed by atoms with E-state index in [4.69, 9.17) is 9.47 Å². The molecule has 35 heavy (non-hydrogen) atoms. The highest BCUT2D eigenvalue weighted by atomic mass is 32.2. The topological polar surface area (TPSA) is 88.2 Å². The Bertz CT molecular complexity index is 1240. The monoisotopic (exact) mass is 497 g/mol. The Labute approximate surface area is 207 Å². The molecule has 0 aliphatic carbocycles. The number of methoxy groups -OCH3 is 2. The number of hydrogen-bond acceptors (Lipinski definition) is 6. The number of likely N-dealkylation sites (N-methyl/N-ethyl adjacent to an activating group) is 1. The molecule has 3 rings (SSSR count). The first-order chi connectivity index (χ1) is 16.7. The summed E-state index contributed by atoms with van der Waals surface area (Å²) in [5, 5.41) is 2.93. The molecule has 0 radical (unpaired) electrons. The molecule has 8 nitrogen and oxygen atoms in total. The molecule has 1 unspecified atom stereocenters. The normalized spacial score (nSPS) is 12.2. The first kappa shape index (κ1) is 26.1. The third-order valence-electron chi connectivity index (χ3n) is 5.77. The molecule has 0 bridgehead atoms. The van der Waals surface area contributed by atoms with Gasteiger partial charge in [-0.15, -0.1) is 0 Å². The van der Waals surface area contributed by atoms with E-state index in [1.165, 1.54) is 23.5 Å². The van der Waals surface area contributed by atoms with Crippen molar-refractivity contribution in [3.8, 4) is 11.5 Å². The van der Waals surface area contributed by atoms with Crippen LogP contribution in [0.2, 0.25) is 0 Å². The SMILES string of the molecule is COc1ccc(C(CNC(=O)c2cccc(S(=O)(=O)N(C)c3ccc(OC)cc3)c2)N(C)C)cc1. The summed E-state index contributed by atoms with van der Waals surface area (Å²) in [6, 6.07) is 20.3. The molecule has 9 heteroatoms. The van der Waals surface area contributed by atoms with Gasteiger partial charge in [-0.25, -0.2) is 8.42 Å². The zero-order valence-corrected chi connectivity index (χ0v) is 21.4. The number of nitrogens with zero attached hydrogens (tertiary/aromatic N) is 2. The van der Waals surface area contributed by atoms with Crippen LogP contribution < -0.4 is 19.1 Å². The average Bonchev–Trinajstić information content (AvgIpc) is 2.88. The molecule has 3 aromatic rings. The van der Waals surface area contributed by atoms with Gasteiger partial charge in [-0.3, -0.25) is 9.10 Å². The second-order valence-electron chi connectivity index (χ2n) is 8.16. The van der Waals surface area contributed by atoms with Crippen molar-refractivity contribution in [3.05, 3.63) is 83.9 Å². The van der Waals surface area contributed by atoms with E-state index < -0.39 is 10.0 Å². The number of anilines is 1. The van der Waals surface area contributed by atoms with Crippen LogP contribution in [0.3, 0.4) is 0 Å². The summed E-state index contributed by atoms with van der Waals surface area (Å²) in [5.74, 6) is 1.03. The van der Waals surface area contributed by atoms with Crippen LogP contribution in [-0.4, -0.2) is 61.1 Å². The van der Waals surface area contributed by atoms with Crippen LogP contribution >= 0.6 is 0 Å². The standard InChI is InChI=1S/C26H31N3O5S/c1-28(2)25(19-9-13-22(33-4)14-10-19)18-27-26(30)20-7-6-8-24(17-20)35(31,32)29(3)21-11-15-23(34-5)16-12-21/h6-17,25H,18H2,1-5H3,(H,27,30). The van der Waals surface area contributed by atoms with Crippen LogP contribution in [0.15, 0.2) is 77.7 Å². The number of benzene rings is 3. The molecule has 0 aliphatic rings. The van der Waals surface area contributed by atoms with Crippen LogP contribution in [0.25, 0.3) is 0 Å². The predicted octanol–water partition coefficient (Wildman–Crippen LogP) is 3.56. The van der Waals surface area contributed by atoms with Crippen molar-refractivity contribution < 1.29 is 22.7 Å². The van der Waals surface area contributed by atoms with Crippen molar-refractivity contribution in [2.75, 3.05) is 46.2 Å². The highest BCUT2D eigenvalue weighted by Crippen LogP contribution is 2.25. The molecule has 1 N–H and O–H groups in total. The van der Waals surface area contributed by atoms with E-state index in [-0.39, 0.29) is 22.4 Å². The average molecular weight is 498 g/mol. The largest absolute Gasteiger partial charge is 0.497 e. The number of carbonyl (C=O) groups excluding carboxylic acids is 1. The zero-order valence-electron chi connectivity index (χ0n) is 20.6. The van der Waals surface area contributed by atoms with Gasteiger partial charge in [-0.2, -0.15) is 0 Å². The summed E-state index contributed by atoms with van der Waals surface area (Å²) in [4.78, 5) is 15.0. The summed E-state index contributed by atoms with van der Waals surface area (Å²) in [5.41, 5.74) is 1.77. The molecule has 0 heterocycles. The third kappa shape index (κ3) is 6.12. The van der Waals surface area contributed by atoms with Crippen molar-refractivity contribution in [1.29, 1.82) is 0 Å². The van der Waals surface area contributed by atoms with Gasteiger partial charge in [0.05, 0.1) is 30.8 Å². The number of hydrogen-bond donors (Lipinski definition) is 1. The molecule has 0 spiro atoms. The molecular formula is C26H31N3O5S. The van der Waals surface area contributed by atoms with Crippen LogP contribution in [0, 0.1) is 0 Å². The van der Waals surface area contributed by atoms with E-state index in [0.717, 1.165) is 11.3 Å². The van der Waals surface area contributed by atoms with Crippen LogP contribution in [0.5, 0.6) is 11.5 Å². The van der Waals surface area contributed by atoms with Gasteiger partial charge in [0.15, 0.2) is 0 Å². The Morgan fingerprint density at radius 2 is 1.46 bits per heavy atom. The van der Waals surface area contributed by atoms with E-state index in [0.29, 0.717) is 18.0 Å². The molecular weight excluding hydrogens is 466 g/mol. The third-order valence-corrected chi connectivity index (χ3v) is 7.55. The van der Waals surface area contributed by atoms with Gasteiger partial charge in [0, 0.05) is 19.2 Å². The minimum absolute atomic E-state index is 0.0304. The second-order valence-corrected chi connectivity index (χ2v) is 10.1. The molecule has 3 aromatic carbocycles. The lowest BCUT2D eigenvalue weighted by Gasteiger charge is -2.25. The Morgan fingerprint density at radius 1 is 0.886 bits per heavy atom. The summed E-state index contributed by atoms with van der Waals surface area (Å²) < 4.78 is 37.9. The van der Waals surface area contributed by atoms with E-state index in [2.05, 4.69) is 5.32 Å². The Morgan fingerprint density at radius 3 is 2.00 bits per heavy atom. The lowest BCUT2D eigenvalue weighted by atomic mass is 10.1. The van der Waals surface area contributed by atoms with Crippen LogP contribution in [-0.2, 0) is 10.0 Å². The quantitative estimate of drug-likeness (QED) is 0.461. The first-order valence-electron chi connectivity index (χ1n) is 11.0. The Balaban J connectivity index is 1.75. The number of nitrogens with one attached hydrogen (secondary N) is 1. The van der Waals surface area contributed by atoms with Gasteiger partial charge in [0.2, 0.25) is 0 Å². The van der Waals surface area contributed by atoms with Crippen molar-refractivity contribution in [2.45, 2.75) is 10.9 Å². The van der Waals surface area contributed by atoms with E-state index >= 15 is 0 Å². The molecule has 0 fully saturated rings. The van der Waals surface area contributed by atoms with Crippen molar-refractivity contribution in [3.63, 3.8) is 0 Å². The van der Waals surface area contributed by atoms with E-state index in [1.54, 1.807) is 50.6 Å². The van der Waals surface area contributed by atoms with E-state index in [9.17, 15) is 13.2 Å². The van der Waals surface area contributed by atoms with Crippen molar-refractivity contribution in [1.82, 2.24) is 10.2 Å². The minimum atomic E-state index is -3.87. The lowest BCUT2D eigenvalue weighted by Crippen LogP contribution is -2.34. The number of ether oxygens (including phenoxy) is 2. The first-order valence-corrected chi connectivity index (χ1v) is 12.4. The lowest BCUT2D eigenvalue weighted by molar-refractivity contribution is 0.0941. The van der Waals surface area contributed by atoms with Gasteiger partial charge in [0.25, 0.3) is 15.9 Å². The van der Waals surface area contributed by atoms with Crippen LogP contribution in [0.1, 0.15) is 22.0 Å². The highest BCUT2D eigenvalue weighted by molar-refractivity contribution is 7.92.